The number of anilines is 1. The van der Waals surface area contributed by atoms with Gasteiger partial charge in [-0.1, -0.05) is 41.7 Å². The Morgan fingerprint density at radius 3 is 2.54 bits per heavy atom. The summed E-state index contributed by atoms with van der Waals surface area (Å²) < 4.78 is 28.6. The van der Waals surface area contributed by atoms with E-state index in [4.69, 9.17) is 0 Å². The predicted molar refractivity (Wildman–Crippen MR) is 111 cm³/mol. The summed E-state index contributed by atoms with van der Waals surface area (Å²) in [5, 5.41) is 3.22. The summed E-state index contributed by atoms with van der Waals surface area (Å²) in [5.74, 6) is 0.170. The van der Waals surface area contributed by atoms with E-state index < -0.39 is 10.0 Å². The molecule has 1 aliphatic carbocycles. The average Bonchev–Trinajstić information content (AvgIpc) is 3.46. The van der Waals surface area contributed by atoms with Crippen molar-refractivity contribution in [3.63, 3.8) is 0 Å². The van der Waals surface area contributed by atoms with Crippen LogP contribution in [0, 0.1) is 5.92 Å². The fourth-order valence-corrected chi connectivity index (χ4v) is 5.65. The Labute approximate surface area is 168 Å². The molecule has 0 bridgehead atoms. The van der Waals surface area contributed by atoms with Gasteiger partial charge in [0.15, 0.2) is 0 Å². The number of para-hydroxylation sites is 1. The second-order valence-electron chi connectivity index (χ2n) is 6.98. The maximum Gasteiger partial charge on any atom is 0.266 e. The van der Waals surface area contributed by atoms with Crippen LogP contribution in [0.3, 0.4) is 0 Å². The van der Waals surface area contributed by atoms with Crippen molar-refractivity contribution in [1.29, 1.82) is 0 Å². The van der Waals surface area contributed by atoms with Gasteiger partial charge in [0.1, 0.15) is 6.54 Å². The van der Waals surface area contributed by atoms with Crippen LogP contribution in [0.5, 0.6) is 0 Å². The van der Waals surface area contributed by atoms with E-state index in [0.29, 0.717) is 16.6 Å². The van der Waals surface area contributed by atoms with Gasteiger partial charge in [-0.25, -0.2) is 17.7 Å². The monoisotopic (exact) mass is 415 g/mol. The minimum atomic E-state index is -3.92. The van der Waals surface area contributed by atoms with E-state index in [-0.39, 0.29) is 23.4 Å². The van der Waals surface area contributed by atoms with Gasteiger partial charge in [-0.3, -0.25) is 4.79 Å². The van der Waals surface area contributed by atoms with Crippen molar-refractivity contribution in [3.8, 4) is 0 Å². The van der Waals surface area contributed by atoms with Crippen LogP contribution in [0.25, 0.3) is 10.2 Å². The van der Waals surface area contributed by atoms with Gasteiger partial charge in [-0.2, -0.15) is 0 Å². The molecule has 0 spiro atoms. The Kier molecular flexibility index (Phi) is 5.07. The molecule has 1 aromatic heterocycles. The maximum atomic E-state index is 13.3. The van der Waals surface area contributed by atoms with Crippen LogP contribution in [0.2, 0.25) is 0 Å². The molecule has 3 aromatic rings. The number of carbonyl (C=O) groups excluding carboxylic acids is 1. The number of benzene rings is 2. The van der Waals surface area contributed by atoms with Crippen LogP contribution in [0.1, 0.15) is 19.8 Å². The molecule has 8 heteroatoms. The van der Waals surface area contributed by atoms with Gasteiger partial charge in [0.05, 0.1) is 15.1 Å². The molecular weight excluding hydrogens is 394 g/mol. The Morgan fingerprint density at radius 1 is 1.18 bits per heavy atom. The lowest BCUT2D eigenvalue weighted by Crippen LogP contribution is -2.44. The quantitative estimate of drug-likeness (QED) is 0.641. The van der Waals surface area contributed by atoms with E-state index in [0.717, 1.165) is 21.8 Å². The van der Waals surface area contributed by atoms with Gasteiger partial charge in [-0.05, 0) is 49.9 Å². The number of carbonyl (C=O) groups is 1. The molecule has 28 heavy (non-hydrogen) atoms. The number of fused-ring (bicyclic) bond motifs is 1. The third kappa shape index (κ3) is 3.88. The normalized spacial score (nSPS) is 15.3. The van der Waals surface area contributed by atoms with Gasteiger partial charge < -0.3 is 5.32 Å². The highest BCUT2D eigenvalue weighted by atomic mass is 32.2. The van der Waals surface area contributed by atoms with Crippen molar-refractivity contribution in [2.75, 3.05) is 10.8 Å². The van der Waals surface area contributed by atoms with Gasteiger partial charge >= 0.3 is 0 Å². The number of sulfonamides is 1. The zero-order valence-electron chi connectivity index (χ0n) is 15.4. The smallest absolute Gasteiger partial charge is 0.266 e. The molecule has 0 saturated heterocycles. The zero-order valence-corrected chi connectivity index (χ0v) is 17.0. The maximum absolute atomic E-state index is 13.3. The van der Waals surface area contributed by atoms with Crippen molar-refractivity contribution in [2.45, 2.75) is 30.7 Å². The van der Waals surface area contributed by atoms with E-state index in [1.807, 2.05) is 31.2 Å². The lowest BCUT2D eigenvalue weighted by atomic mass is 10.2. The van der Waals surface area contributed by atoms with Crippen LogP contribution in [0.15, 0.2) is 59.5 Å². The predicted octanol–water partition coefficient (Wildman–Crippen LogP) is 3.41. The van der Waals surface area contributed by atoms with Gasteiger partial charge in [0, 0.05) is 6.04 Å². The molecular formula is C20H21N3O3S2. The molecule has 1 N–H and O–H groups in total. The standard InChI is InChI=1S/C20H21N3O3S2/c1-14(15-11-12-15)21-19(24)13-23(28(25,26)16-7-3-2-4-8-16)20-22-17-9-5-6-10-18(17)27-20/h2-10,14-15H,11-13H2,1H3,(H,21,24)/t14-/m1/s1. The second-order valence-corrected chi connectivity index (χ2v) is 9.85. The number of nitrogens with one attached hydrogen (secondary N) is 1. The highest BCUT2D eigenvalue weighted by Gasteiger charge is 2.32. The first-order chi connectivity index (χ1) is 13.4. The van der Waals surface area contributed by atoms with Crippen molar-refractivity contribution >= 4 is 42.6 Å². The highest BCUT2D eigenvalue weighted by molar-refractivity contribution is 7.93. The minimum absolute atomic E-state index is 0.0455. The Morgan fingerprint density at radius 2 is 1.86 bits per heavy atom. The first-order valence-corrected chi connectivity index (χ1v) is 11.4. The molecule has 146 valence electrons. The molecule has 0 unspecified atom stereocenters. The van der Waals surface area contributed by atoms with Crippen molar-refractivity contribution in [3.05, 3.63) is 54.6 Å². The molecule has 1 saturated carbocycles. The lowest BCUT2D eigenvalue weighted by Gasteiger charge is -2.22. The second kappa shape index (κ2) is 7.52. The Bertz CT molecular complexity index is 1060. The first-order valence-electron chi connectivity index (χ1n) is 9.18. The minimum Gasteiger partial charge on any atom is -0.352 e. The topological polar surface area (TPSA) is 79.4 Å². The molecule has 1 heterocycles. The van der Waals surface area contributed by atoms with Crippen LogP contribution >= 0.6 is 11.3 Å². The van der Waals surface area contributed by atoms with Crippen LogP contribution < -0.4 is 9.62 Å². The van der Waals surface area contributed by atoms with E-state index in [1.54, 1.807) is 18.2 Å². The van der Waals surface area contributed by atoms with E-state index in [2.05, 4.69) is 10.3 Å². The average molecular weight is 416 g/mol. The molecule has 1 atom stereocenters. The summed E-state index contributed by atoms with van der Waals surface area (Å²) in [4.78, 5) is 17.2. The molecule has 0 aliphatic heterocycles. The molecule has 1 fully saturated rings. The van der Waals surface area contributed by atoms with Crippen molar-refractivity contribution < 1.29 is 13.2 Å². The summed E-state index contributed by atoms with van der Waals surface area (Å²) in [6.07, 6.45) is 2.21. The van der Waals surface area contributed by atoms with E-state index >= 15 is 0 Å². The largest absolute Gasteiger partial charge is 0.352 e. The summed E-state index contributed by atoms with van der Waals surface area (Å²) in [6.45, 7) is 1.66. The summed E-state index contributed by atoms with van der Waals surface area (Å²) in [6, 6.07) is 15.6. The Balaban J connectivity index is 1.69. The fourth-order valence-electron chi connectivity index (χ4n) is 3.09. The zero-order chi connectivity index (χ0) is 19.7. The number of nitrogens with zero attached hydrogens (tertiary/aromatic N) is 2. The van der Waals surface area contributed by atoms with Crippen LogP contribution in [0.4, 0.5) is 5.13 Å². The van der Waals surface area contributed by atoms with Gasteiger partial charge in [-0.15, -0.1) is 0 Å². The number of hydrogen-bond donors (Lipinski definition) is 1. The summed E-state index contributed by atoms with van der Waals surface area (Å²) >= 11 is 1.26. The number of aromatic nitrogens is 1. The molecule has 0 radical (unpaired) electrons. The SMILES string of the molecule is C[C@@H](NC(=O)CN(c1nc2ccccc2s1)S(=O)(=O)c1ccccc1)C1CC1. The van der Waals surface area contributed by atoms with Crippen LogP contribution in [-0.2, 0) is 14.8 Å². The number of thiazole rings is 1. The molecule has 6 nitrogen and oxygen atoms in total. The van der Waals surface area contributed by atoms with E-state index in [9.17, 15) is 13.2 Å². The molecule has 4 rings (SSSR count). The highest BCUT2D eigenvalue weighted by Crippen LogP contribution is 2.33. The fraction of sp³-hybridized carbons (Fsp3) is 0.300. The lowest BCUT2D eigenvalue weighted by molar-refractivity contribution is -0.120. The van der Waals surface area contributed by atoms with Gasteiger partial charge in [0.25, 0.3) is 10.0 Å². The number of hydrogen-bond acceptors (Lipinski definition) is 5. The number of amides is 1. The molecule has 1 aliphatic rings. The summed E-state index contributed by atoms with van der Waals surface area (Å²) in [7, 11) is -3.92. The van der Waals surface area contributed by atoms with Crippen LogP contribution in [-0.4, -0.2) is 31.9 Å². The van der Waals surface area contributed by atoms with Gasteiger partial charge in [0.2, 0.25) is 11.0 Å². The third-order valence-corrected chi connectivity index (χ3v) is 7.76. The summed E-state index contributed by atoms with van der Waals surface area (Å²) in [5.41, 5.74) is 0.711. The molecule has 2 aromatic carbocycles. The molecule has 1 amide bonds. The Hall–Kier alpha value is -2.45. The van der Waals surface area contributed by atoms with Crippen molar-refractivity contribution in [1.82, 2.24) is 10.3 Å². The number of rotatable bonds is 7. The first kappa shape index (κ1) is 18.9. The van der Waals surface area contributed by atoms with E-state index in [1.165, 1.54) is 23.5 Å². The third-order valence-electron chi connectivity index (χ3n) is 4.83. The van der Waals surface area contributed by atoms with Crippen molar-refractivity contribution in [2.24, 2.45) is 5.92 Å².